The molecule has 3 aliphatic carbocycles. The molecule has 3 aliphatic rings. The quantitative estimate of drug-likeness (QED) is 0.0491. The number of carbonyl (C=O) groups is 5. The third-order valence-electron chi connectivity index (χ3n) is 11.3. The van der Waals surface area contributed by atoms with Crippen molar-refractivity contribution in [3.05, 3.63) is 83.9 Å². The molecular weight excluding hydrogens is 893 g/mol. The Bertz CT molecular complexity index is 1960. The molecule has 2 aromatic rings. The highest BCUT2D eigenvalue weighted by Crippen LogP contribution is 2.38. The Labute approximate surface area is 407 Å². The molecule has 4 atom stereocenters. The summed E-state index contributed by atoms with van der Waals surface area (Å²) in [7, 11) is 0. The Morgan fingerprint density at radius 1 is 0.580 bits per heavy atom. The van der Waals surface area contributed by atoms with Crippen LogP contribution in [-0.4, -0.2) is 114 Å². The van der Waals surface area contributed by atoms with Crippen molar-refractivity contribution in [3.8, 4) is 0 Å². The number of hydrogen-bond acceptors (Lipinski definition) is 15. The minimum atomic E-state index is -1.60. The lowest BCUT2D eigenvalue weighted by atomic mass is 9.75. The zero-order valence-electron chi connectivity index (χ0n) is 42.0. The van der Waals surface area contributed by atoms with Gasteiger partial charge in [0.05, 0.1) is 28.9 Å². The van der Waals surface area contributed by atoms with Gasteiger partial charge in [-0.1, -0.05) is 66.7 Å². The van der Waals surface area contributed by atoms with Crippen molar-refractivity contribution in [3.63, 3.8) is 0 Å². The molecule has 386 valence electrons. The molecule has 0 aliphatic heterocycles. The highest BCUT2D eigenvalue weighted by atomic mass is 16.6. The number of aliphatic hydroxyl groups is 5. The van der Waals surface area contributed by atoms with E-state index in [0.29, 0.717) is 32.1 Å². The molecule has 0 bridgehead atoms. The number of alkyl carbamates (subject to hydrolysis) is 2. The molecule has 0 spiro atoms. The summed E-state index contributed by atoms with van der Waals surface area (Å²) in [5.74, 6) is -1.96. The Kier molecular flexibility index (Phi) is 21.7. The summed E-state index contributed by atoms with van der Waals surface area (Å²) in [6, 6.07) is 15.9. The lowest BCUT2D eigenvalue weighted by Crippen LogP contribution is -2.54. The van der Waals surface area contributed by atoms with Gasteiger partial charge in [-0.25, -0.2) is 24.0 Å². The minimum Gasteiger partial charge on any atom is -0.458 e. The third-order valence-corrected chi connectivity index (χ3v) is 11.3. The maximum atomic E-state index is 12.5. The first-order chi connectivity index (χ1) is 32.0. The van der Waals surface area contributed by atoms with E-state index < -0.39 is 82.0 Å². The van der Waals surface area contributed by atoms with Gasteiger partial charge in [0, 0.05) is 12.5 Å². The summed E-state index contributed by atoms with van der Waals surface area (Å²) in [5.41, 5.74) is -2.95. The molecule has 5 rings (SSSR count). The lowest BCUT2D eigenvalue weighted by molar-refractivity contribution is -0.168. The molecule has 17 nitrogen and oxygen atoms in total. The number of benzene rings is 2. The molecule has 0 heterocycles. The van der Waals surface area contributed by atoms with Crippen LogP contribution >= 0.6 is 0 Å². The van der Waals surface area contributed by atoms with Crippen LogP contribution in [0.5, 0.6) is 0 Å². The molecule has 3 saturated carbocycles. The van der Waals surface area contributed by atoms with Crippen LogP contribution in [0.2, 0.25) is 0 Å². The first kappa shape index (κ1) is 58.2. The second-order valence-electron chi connectivity index (χ2n) is 21.4. The van der Waals surface area contributed by atoms with Gasteiger partial charge in [0.25, 0.3) is 0 Å². The van der Waals surface area contributed by atoms with Crippen molar-refractivity contribution < 1.29 is 73.2 Å². The van der Waals surface area contributed by atoms with Crippen LogP contribution in [0.1, 0.15) is 150 Å². The van der Waals surface area contributed by atoms with Gasteiger partial charge >= 0.3 is 30.1 Å². The van der Waals surface area contributed by atoms with E-state index in [0.717, 1.165) is 43.2 Å². The van der Waals surface area contributed by atoms with E-state index in [1.807, 2.05) is 69.3 Å². The summed E-state index contributed by atoms with van der Waals surface area (Å²) in [5, 5.41) is 56.2. The summed E-state index contributed by atoms with van der Waals surface area (Å²) in [6.45, 7) is 15.7. The van der Waals surface area contributed by atoms with Crippen LogP contribution in [0.3, 0.4) is 0 Å². The fourth-order valence-corrected chi connectivity index (χ4v) is 7.25. The zero-order chi connectivity index (χ0) is 51.7. The predicted octanol–water partition coefficient (Wildman–Crippen LogP) is 6.77. The number of esters is 3. The first-order valence-corrected chi connectivity index (χ1v) is 23.8. The Morgan fingerprint density at radius 2 is 0.986 bits per heavy atom. The molecule has 2 aromatic carbocycles. The molecule has 0 saturated heterocycles. The summed E-state index contributed by atoms with van der Waals surface area (Å²) < 4.78 is 25.9. The molecule has 17 heteroatoms. The van der Waals surface area contributed by atoms with E-state index in [2.05, 4.69) is 10.6 Å². The van der Waals surface area contributed by atoms with E-state index in [9.17, 15) is 49.5 Å². The normalized spacial score (nSPS) is 18.4. The van der Waals surface area contributed by atoms with Gasteiger partial charge in [-0.2, -0.15) is 0 Å². The van der Waals surface area contributed by atoms with Crippen LogP contribution in [0, 0.1) is 0 Å². The zero-order valence-corrected chi connectivity index (χ0v) is 42.0. The van der Waals surface area contributed by atoms with Crippen molar-refractivity contribution in [2.75, 3.05) is 0 Å². The highest BCUT2D eigenvalue weighted by Gasteiger charge is 2.43. The molecule has 2 amide bonds. The number of amides is 2. The highest BCUT2D eigenvalue weighted by molar-refractivity contribution is 5.83. The van der Waals surface area contributed by atoms with Crippen molar-refractivity contribution in [2.45, 2.75) is 210 Å². The van der Waals surface area contributed by atoms with Crippen LogP contribution in [-0.2, 0) is 51.3 Å². The minimum absolute atomic E-state index is 0.0180. The van der Waals surface area contributed by atoms with Gasteiger partial charge in [-0.05, 0) is 144 Å². The smallest absolute Gasteiger partial charge is 0.408 e. The van der Waals surface area contributed by atoms with E-state index in [1.54, 1.807) is 59.8 Å². The predicted molar refractivity (Wildman–Crippen MR) is 256 cm³/mol. The van der Waals surface area contributed by atoms with Crippen LogP contribution in [0.4, 0.5) is 9.59 Å². The van der Waals surface area contributed by atoms with Crippen LogP contribution in [0.25, 0.3) is 0 Å². The molecule has 3 fully saturated rings. The van der Waals surface area contributed by atoms with Gasteiger partial charge < -0.3 is 59.9 Å². The van der Waals surface area contributed by atoms with Gasteiger partial charge in [0.1, 0.15) is 30.0 Å². The van der Waals surface area contributed by atoms with Crippen molar-refractivity contribution in [2.24, 2.45) is 0 Å². The fraction of sp³-hybridized carbons (Fsp3) is 0.635. The summed E-state index contributed by atoms with van der Waals surface area (Å²) in [6.07, 6.45) is 5.93. The molecule has 69 heavy (non-hydrogen) atoms. The Hall–Kier alpha value is -5.07. The molecule has 7 N–H and O–H groups in total. The van der Waals surface area contributed by atoms with Gasteiger partial charge in [0.15, 0.2) is 12.1 Å². The van der Waals surface area contributed by atoms with Gasteiger partial charge in [-0.3, -0.25) is 0 Å². The molecular formula is C52H78N2O15. The maximum absolute atomic E-state index is 12.5. The Morgan fingerprint density at radius 3 is 1.39 bits per heavy atom. The fourth-order valence-electron chi connectivity index (χ4n) is 7.25. The van der Waals surface area contributed by atoms with Gasteiger partial charge in [-0.15, -0.1) is 0 Å². The molecule has 0 aromatic heterocycles. The van der Waals surface area contributed by atoms with Crippen molar-refractivity contribution in [1.29, 1.82) is 0 Å². The SMILES string of the molecule is CC(C)(C)OC(=O)/C=C/CC1(O)CCC1.CC(C)(C)OC(=O)C(NC(=O)OCc1ccccc1)C(O)CC1(O)CCC1.CC(C)(C)OC(=O)C(O)C(CC1(O)CCC1)NC(=O)OCc1ccccc1. The number of nitrogens with one attached hydrogen (secondary N) is 2. The van der Waals surface area contributed by atoms with E-state index in [-0.39, 0.29) is 32.0 Å². The Balaban J connectivity index is 0.000000286. The van der Waals surface area contributed by atoms with E-state index in [4.69, 9.17) is 23.7 Å². The second-order valence-corrected chi connectivity index (χ2v) is 21.4. The molecule has 4 unspecified atom stereocenters. The standard InChI is InChI=1S/2C20H29NO6.C12H20O3/c1-19(2,3)27-17(23)16(15(22)12-20(25)10-7-11-20)21-18(24)26-13-14-8-5-4-6-9-14;1-19(2,3)27-17(23)16(22)15(12-20(25)10-7-11-20)21-18(24)26-13-14-8-5-4-6-9-14;1-11(2,3)15-10(13)6-4-7-12(14)8-5-9-12/h2*4-6,8-9,15-16,22,25H,7,10-13H2,1-3H3,(H,21,24);4,6,14H,5,7-9H2,1-3H3/b;;6-4+. The number of hydrogen-bond donors (Lipinski definition) is 7. The number of aliphatic hydroxyl groups excluding tert-OH is 2. The van der Waals surface area contributed by atoms with Crippen LogP contribution < -0.4 is 10.6 Å². The monoisotopic (exact) mass is 971 g/mol. The third kappa shape index (κ3) is 22.9. The number of ether oxygens (including phenoxy) is 5. The first-order valence-electron chi connectivity index (χ1n) is 23.8. The average Bonchev–Trinajstić information content (AvgIpc) is 3.21. The van der Waals surface area contributed by atoms with Crippen molar-refractivity contribution in [1.82, 2.24) is 10.6 Å². The number of carbonyl (C=O) groups excluding carboxylic acids is 5. The van der Waals surface area contributed by atoms with Gasteiger partial charge in [0.2, 0.25) is 0 Å². The topological polar surface area (TPSA) is 257 Å². The lowest BCUT2D eigenvalue weighted by Gasteiger charge is -2.40. The maximum Gasteiger partial charge on any atom is 0.408 e. The van der Waals surface area contributed by atoms with Crippen molar-refractivity contribution >= 4 is 30.1 Å². The van der Waals surface area contributed by atoms with Crippen LogP contribution in [0.15, 0.2) is 72.8 Å². The largest absolute Gasteiger partial charge is 0.458 e. The second kappa shape index (κ2) is 25.7. The number of rotatable bonds is 17. The molecule has 0 radical (unpaired) electrons. The van der Waals surface area contributed by atoms with E-state index in [1.165, 1.54) is 6.08 Å². The summed E-state index contributed by atoms with van der Waals surface area (Å²) >= 11 is 0. The summed E-state index contributed by atoms with van der Waals surface area (Å²) in [4.78, 5) is 60.2. The average molecular weight is 971 g/mol. The van der Waals surface area contributed by atoms with E-state index >= 15 is 0 Å².